The summed E-state index contributed by atoms with van der Waals surface area (Å²) < 4.78 is 5.44. The van der Waals surface area contributed by atoms with Crippen LogP contribution in [0.3, 0.4) is 0 Å². The Labute approximate surface area is 199 Å². The second-order valence-electron chi connectivity index (χ2n) is 12.3. The van der Waals surface area contributed by atoms with Gasteiger partial charge in [-0.3, -0.25) is 0 Å². The van der Waals surface area contributed by atoms with Gasteiger partial charge in [-0.25, -0.2) is 0 Å². The maximum atomic E-state index is 12.1. The van der Waals surface area contributed by atoms with E-state index in [4.69, 9.17) is 4.74 Å². The highest BCUT2D eigenvalue weighted by Crippen LogP contribution is 2.65. The van der Waals surface area contributed by atoms with E-state index in [0.29, 0.717) is 23.5 Å². The quantitative estimate of drug-likeness (QED) is 0.561. The molecule has 0 aliphatic heterocycles. The Hall–Kier alpha value is -2.00. The number of rotatable bonds is 3. The van der Waals surface area contributed by atoms with Crippen LogP contribution in [-0.2, 0) is 18.3 Å². The summed E-state index contributed by atoms with van der Waals surface area (Å²) in [5, 5.41) is 22.3. The maximum Gasteiger partial charge on any atom is 0.160 e. The molecule has 33 heavy (non-hydrogen) atoms. The third-order valence-electron chi connectivity index (χ3n) is 9.66. The number of phenolic OH excluding ortho intramolecular Hbond substituents is 1. The molecule has 2 saturated carbocycles. The van der Waals surface area contributed by atoms with E-state index in [0.717, 1.165) is 44.9 Å². The molecule has 2 fully saturated rings. The molecule has 3 heteroatoms. The van der Waals surface area contributed by atoms with Crippen LogP contribution in [0.2, 0.25) is 0 Å². The summed E-state index contributed by atoms with van der Waals surface area (Å²) in [6.45, 7) is 9.11. The van der Waals surface area contributed by atoms with Crippen LogP contribution in [0.4, 0.5) is 0 Å². The van der Waals surface area contributed by atoms with Crippen molar-refractivity contribution in [3.05, 3.63) is 58.7 Å². The number of benzene rings is 2. The van der Waals surface area contributed by atoms with E-state index in [9.17, 15) is 10.2 Å². The largest absolute Gasteiger partial charge is 0.504 e. The molecule has 0 heterocycles. The van der Waals surface area contributed by atoms with Crippen LogP contribution in [0, 0.1) is 17.3 Å². The molecular formula is C30H40O3. The SMILES string of the molecule is COc1cc2c(cc1O)CC[C@@H]1[C@@H]2CC[C@@]2(C)[C@H]1CC[C@]2(O)Cc1ccc(C(C)(C)C)cc1. The molecule has 2 N–H and O–H groups in total. The van der Waals surface area contributed by atoms with Gasteiger partial charge in [0.05, 0.1) is 12.7 Å². The Kier molecular flexibility index (Phi) is 5.36. The Morgan fingerprint density at radius 3 is 2.42 bits per heavy atom. The number of hydrogen-bond donors (Lipinski definition) is 2. The van der Waals surface area contributed by atoms with Gasteiger partial charge in [-0.15, -0.1) is 0 Å². The average molecular weight is 449 g/mol. The number of aryl methyl sites for hydroxylation is 1. The minimum Gasteiger partial charge on any atom is -0.504 e. The van der Waals surface area contributed by atoms with Gasteiger partial charge in [0.1, 0.15) is 0 Å². The van der Waals surface area contributed by atoms with E-state index >= 15 is 0 Å². The second-order valence-corrected chi connectivity index (χ2v) is 12.3. The van der Waals surface area contributed by atoms with E-state index in [1.54, 1.807) is 7.11 Å². The molecular weight excluding hydrogens is 408 g/mol. The van der Waals surface area contributed by atoms with Gasteiger partial charge in [0.25, 0.3) is 0 Å². The number of aliphatic hydroxyl groups is 1. The van der Waals surface area contributed by atoms with Crippen molar-refractivity contribution in [3.8, 4) is 11.5 Å². The van der Waals surface area contributed by atoms with Crippen molar-refractivity contribution in [2.45, 2.75) is 89.6 Å². The zero-order valence-corrected chi connectivity index (χ0v) is 20.9. The van der Waals surface area contributed by atoms with Crippen LogP contribution in [0.25, 0.3) is 0 Å². The lowest BCUT2D eigenvalue weighted by atomic mass is 9.52. The Bertz CT molecular complexity index is 1030. The lowest BCUT2D eigenvalue weighted by Gasteiger charge is -2.53. The molecule has 5 atom stereocenters. The van der Waals surface area contributed by atoms with Crippen molar-refractivity contribution in [2.75, 3.05) is 7.11 Å². The van der Waals surface area contributed by atoms with Gasteiger partial charge in [-0.1, -0.05) is 52.0 Å². The summed E-state index contributed by atoms with van der Waals surface area (Å²) in [4.78, 5) is 0. The Morgan fingerprint density at radius 2 is 1.76 bits per heavy atom. The topological polar surface area (TPSA) is 49.7 Å². The van der Waals surface area contributed by atoms with Crippen molar-refractivity contribution in [2.24, 2.45) is 17.3 Å². The molecule has 2 aromatic carbocycles. The van der Waals surface area contributed by atoms with E-state index in [2.05, 4.69) is 58.0 Å². The van der Waals surface area contributed by atoms with E-state index < -0.39 is 5.60 Å². The predicted octanol–water partition coefficient (Wildman–Crippen LogP) is 6.53. The highest BCUT2D eigenvalue weighted by Gasteiger charge is 2.61. The smallest absolute Gasteiger partial charge is 0.160 e. The number of fused-ring (bicyclic) bond motifs is 5. The molecule has 0 spiro atoms. The van der Waals surface area contributed by atoms with Crippen LogP contribution in [0.1, 0.15) is 88.0 Å². The standard InChI is InChI=1S/C30H40O3/c1-28(2,3)21-9-6-19(7-10-21)18-30(32)15-13-25-23-11-8-20-16-26(31)27(33-5)17-24(20)22(23)12-14-29(25,30)4/h6-7,9-10,16-17,22-23,25,31-32H,8,11-15,18H2,1-5H3/t22-,23+,25-,29-,30-/m0/s1. The van der Waals surface area contributed by atoms with Crippen LogP contribution < -0.4 is 4.74 Å². The first-order chi connectivity index (χ1) is 15.6. The van der Waals surface area contributed by atoms with Gasteiger partial charge in [0, 0.05) is 6.42 Å². The molecule has 5 rings (SSSR count). The molecule has 3 aliphatic carbocycles. The minimum atomic E-state index is -0.640. The fourth-order valence-electron chi connectivity index (χ4n) is 7.61. The first-order valence-corrected chi connectivity index (χ1v) is 12.8. The van der Waals surface area contributed by atoms with Gasteiger partial charge in [-0.05, 0) is 101 Å². The number of hydrogen-bond acceptors (Lipinski definition) is 3. The van der Waals surface area contributed by atoms with Crippen LogP contribution >= 0.6 is 0 Å². The molecule has 178 valence electrons. The number of phenols is 1. The summed E-state index contributed by atoms with van der Waals surface area (Å²) in [6.07, 6.45) is 7.07. The molecule has 2 aromatic rings. The highest BCUT2D eigenvalue weighted by molar-refractivity contribution is 5.49. The van der Waals surface area contributed by atoms with Crippen LogP contribution in [0.15, 0.2) is 36.4 Å². The lowest BCUT2D eigenvalue weighted by Crippen LogP contribution is -2.51. The lowest BCUT2D eigenvalue weighted by molar-refractivity contribution is -0.102. The molecule has 0 unspecified atom stereocenters. The molecule has 0 aromatic heterocycles. The Morgan fingerprint density at radius 1 is 1.03 bits per heavy atom. The maximum absolute atomic E-state index is 12.1. The first-order valence-electron chi connectivity index (χ1n) is 12.8. The van der Waals surface area contributed by atoms with E-state index in [-0.39, 0.29) is 16.6 Å². The van der Waals surface area contributed by atoms with Gasteiger partial charge in [0.15, 0.2) is 11.5 Å². The fourth-order valence-corrected chi connectivity index (χ4v) is 7.61. The predicted molar refractivity (Wildman–Crippen MR) is 133 cm³/mol. The molecule has 0 amide bonds. The molecule has 0 bridgehead atoms. The zero-order valence-electron chi connectivity index (χ0n) is 20.9. The fraction of sp³-hybridized carbons (Fsp3) is 0.600. The van der Waals surface area contributed by atoms with Gasteiger partial charge in [0.2, 0.25) is 0 Å². The van der Waals surface area contributed by atoms with E-state index in [1.807, 2.05) is 6.07 Å². The monoisotopic (exact) mass is 448 g/mol. The summed E-state index contributed by atoms with van der Waals surface area (Å²) in [7, 11) is 1.63. The Balaban J connectivity index is 1.40. The summed E-state index contributed by atoms with van der Waals surface area (Å²) in [5.74, 6) is 2.49. The van der Waals surface area contributed by atoms with Gasteiger partial charge in [-0.2, -0.15) is 0 Å². The summed E-state index contributed by atoms with van der Waals surface area (Å²) in [6, 6.07) is 13.0. The van der Waals surface area contributed by atoms with Crippen molar-refractivity contribution >= 4 is 0 Å². The third-order valence-corrected chi connectivity index (χ3v) is 9.66. The van der Waals surface area contributed by atoms with Crippen LogP contribution in [0.5, 0.6) is 11.5 Å². The number of methoxy groups -OCH3 is 1. The second kappa shape index (κ2) is 7.77. The highest BCUT2D eigenvalue weighted by atomic mass is 16.5. The van der Waals surface area contributed by atoms with E-state index in [1.165, 1.54) is 22.3 Å². The first kappa shape index (κ1) is 22.8. The number of aromatic hydroxyl groups is 1. The zero-order chi connectivity index (χ0) is 23.6. The van der Waals surface area contributed by atoms with Crippen molar-refractivity contribution in [1.82, 2.24) is 0 Å². The number of ether oxygens (including phenoxy) is 1. The summed E-state index contributed by atoms with van der Waals surface area (Å²) in [5.41, 5.74) is 4.71. The third kappa shape index (κ3) is 3.58. The van der Waals surface area contributed by atoms with Crippen LogP contribution in [-0.4, -0.2) is 22.9 Å². The molecule has 3 nitrogen and oxygen atoms in total. The summed E-state index contributed by atoms with van der Waals surface area (Å²) >= 11 is 0. The normalized spacial score (nSPS) is 33.2. The van der Waals surface area contributed by atoms with Crippen molar-refractivity contribution in [3.63, 3.8) is 0 Å². The molecule has 0 saturated heterocycles. The van der Waals surface area contributed by atoms with Gasteiger partial charge >= 0.3 is 0 Å². The average Bonchev–Trinajstić information content (AvgIpc) is 3.03. The van der Waals surface area contributed by atoms with Gasteiger partial charge < -0.3 is 14.9 Å². The molecule has 3 aliphatic rings. The molecule has 0 radical (unpaired) electrons. The van der Waals surface area contributed by atoms with Crippen molar-refractivity contribution < 1.29 is 14.9 Å². The van der Waals surface area contributed by atoms with Crippen molar-refractivity contribution in [1.29, 1.82) is 0 Å². The minimum absolute atomic E-state index is 0.0463.